The molecule has 0 aromatic heterocycles. The summed E-state index contributed by atoms with van der Waals surface area (Å²) >= 11 is 0. The molecule has 0 heterocycles. The largest absolute Gasteiger partial charge is 0.515 e. The van der Waals surface area contributed by atoms with Crippen molar-refractivity contribution in [3.8, 4) is 6.07 Å². The minimum atomic E-state index is -1.92. The number of nitrogens with zero attached hydrogens (tertiary/aromatic N) is 1. The maximum atomic E-state index is 13.5. The van der Waals surface area contributed by atoms with Gasteiger partial charge in [-0.15, -0.1) is 0 Å². The maximum absolute atomic E-state index is 13.5. The number of hydrogen-bond acceptors (Lipinski definition) is 3. The van der Waals surface area contributed by atoms with Gasteiger partial charge in [0.15, 0.2) is 29.1 Å². The molecule has 0 aliphatic rings. The number of carbonyl (C=O) groups is 1. The van der Waals surface area contributed by atoms with Gasteiger partial charge in [0.2, 0.25) is 0 Å². The van der Waals surface area contributed by atoms with Crippen molar-refractivity contribution in [1.82, 2.24) is 0 Å². The molecule has 0 saturated carbocycles. The molecule has 0 bridgehead atoms. The summed E-state index contributed by atoms with van der Waals surface area (Å²) in [4.78, 5) is 11.0. The molecule has 7 heteroatoms. The van der Waals surface area contributed by atoms with E-state index in [1.165, 1.54) is 0 Å². The standard InChI is InChI=1S/C11H5F4NO2/c1-4(18)6(3-17)7-10(14)8(12)5(2-16)9(13)11(7)15/h3,17H,1H3/b6-3+. The Morgan fingerprint density at radius 1 is 1.17 bits per heavy atom. The lowest BCUT2D eigenvalue weighted by atomic mass is 10.00. The number of halogens is 4. The Bertz CT molecular complexity index is 573. The monoisotopic (exact) mass is 259 g/mol. The third kappa shape index (κ3) is 1.93. The zero-order valence-corrected chi connectivity index (χ0v) is 8.89. The average molecular weight is 259 g/mol. The fourth-order valence-electron chi connectivity index (χ4n) is 1.30. The molecule has 1 aromatic carbocycles. The second kappa shape index (κ2) is 4.87. The van der Waals surface area contributed by atoms with Gasteiger partial charge in [-0.05, 0) is 6.92 Å². The number of allylic oxidation sites excluding steroid dienone is 1. The molecule has 0 fully saturated rings. The first kappa shape index (κ1) is 13.7. The van der Waals surface area contributed by atoms with Crippen LogP contribution in [0, 0.1) is 34.6 Å². The number of aliphatic hydroxyl groups is 1. The van der Waals surface area contributed by atoms with Gasteiger partial charge in [-0.25, -0.2) is 17.6 Å². The molecule has 0 saturated heterocycles. The minimum absolute atomic E-state index is 0.0365. The molecule has 0 spiro atoms. The molecule has 94 valence electrons. The fraction of sp³-hybridized carbons (Fsp3) is 0.0909. The highest BCUT2D eigenvalue weighted by Crippen LogP contribution is 2.29. The van der Waals surface area contributed by atoms with E-state index in [4.69, 9.17) is 10.4 Å². The number of rotatable bonds is 2. The van der Waals surface area contributed by atoms with Gasteiger partial charge in [0.25, 0.3) is 0 Å². The maximum Gasteiger partial charge on any atom is 0.180 e. The lowest BCUT2D eigenvalue weighted by Gasteiger charge is -2.09. The summed E-state index contributed by atoms with van der Waals surface area (Å²) in [5.74, 6) is -8.68. The van der Waals surface area contributed by atoms with Gasteiger partial charge in [-0.3, -0.25) is 4.79 Å². The van der Waals surface area contributed by atoms with Crippen molar-refractivity contribution in [3.05, 3.63) is 40.7 Å². The summed E-state index contributed by atoms with van der Waals surface area (Å²) < 4.78 is 53.4. The van der Waals surface area contributed by atoms with Gasteiger partial charge in [-0.2, -0.15) is 5.26 Å². The highest BCUT2D eigenvalue weighted by atomic mass is 19.2. The van der Waals surface area contributed by atoms with Crippen molar-refractivity contribution >= 4 is 11.4 Å². The van der Waals surface area contributed by atoms with Crippen LogP contribution in [0.25, 0.3) is 5.57 Å². The van der Waals surface area contributed by atoms with Crippen LogP contribution in [0.15, 0.2) is 6.26 Å². The normalized spacial score (nSPS) is 11.2. The summed E-state index contributed by atoms with van der Waals surface area (Å²) in [6.07, 6.45) is 0.0365. The predicted octanol–water partition coefficient (Wildman–Crippen LogP) is 2.60. The number of Topliss-reactive ketones (excluding diaryl/α,β-unsaturated/α-hetero) is 1. The molecular formula is C11H5F4NO2. The van der Waals surface area contributed by atoms with Crippen molar-refractivity contribution in [2.24, 2.45) is 0 Å². The lowest BCUT2D eigenvalue weighted by molar-refractivity contribution is -0.111. The van der Waals surface area contributed by atoms with Crippen LogP contribution in [0.2, 0.25) is 0 Å². The Hall–Kier alpha value is -2.36. The van der Waals surface area contributed by atoms with E-state index in [9.17, 15) is 22.4 Å². The number of hydrogen-bond donors (Lipinski definition) is 1. The molecule has 1 aromatic rings. The number of aliphatic hydroxyl groups excluding tert-OH is 1. The molecule has 3 nitrogen and oxygen atoms in total. The highest BCUT2D eigenvalue weighted by Gasteiger charge is 2.28. The first-order valence-electron chi connectivity index (χ1n) is 4.48. The Balaban J connectivity index is 3.79. The summed E-state index contributed by atoms with van der Waals surface area (Å²) in [5, 5.41) is 17.0. The first-order chi connectivity index (χ1) is 8.36. The second-order valence-corrected chi connectivity index (χ2v) is 3.22. The highest BCUT2D eigenvalue weighted by molar-refractivity contribution is 6.19. The molecule has 0 aliphatic carbocycles. The third-order valence-electron chi connectivity index (χ3n) is 2.15. The van der Waals surface area contributed by atoms with Gasteiger partial charge >= 0.3 is 0 Å². The zero-order chi connectivity index (χ0) is 14.0. The molecule has 0 unspecified atom stereocenters. The Labute approximate surface area is 98.6 Å². The lowest BCUT2D eigenvalue weighted by Crippen LogP contribution is -2.09. The van der Waals surface area contributed by atoms with E-state index in [2.05, 4.69) is 0 Å². The number of benzene rings is 1. The van der Waals surface area contributed by atoms with E-state index >= 15 is 0 Å². The van der Waals surface area contributed by atoms with Gasteiger partial charge in [0, 0.05) is 0 Å². The van der Waals surface area contributed by atoms with Gasteiger partial charge in [0.1, 0.15) is 11.6 Å². The molecular weight excluding hydrogens is 254 g/mol. The molecule has 0 atom stereocenters. The van der Waals surface area contributed by atoms with E-state index in [1.807, 2.05) is 0 Å². The van der Waals surface area contributed by atoms with Crippen molar-refractivity contribution < 1.29 is 27.5 Å². The third-order valence-corrected chi connectivity index (χ3v) is 2.15. The topological polar surface area (TPSA) is 61.1 Å². The molecule has 18 heavy (non-hydrogen) atoms. The van der Waals surface area contributed by atoms with Crippen molar-refractivity contribution in [2.45, 2.75) is 6.92 Å². The molecule has 1 N–H and O–H groups in total. The Morgan fingerprint density at radius 2 is 1.61 bits per heavy atom. The van der Waals surface area contributed by atoms with E-state index < -0.39 is 45.8 Å². The Morgan fingerprint density at radius 3 is 1.89 bits per heavy atom. The SMILES string of the molecule is CC(=O)/C(=C\O)c1c(F)c(F)c(C#N)c(F)c1F. The number of carbonyl (C=O) groups excluding carboxylic acids is 1. The van der Waals surface area contributed by atoms with Crippen LogP contribution in [0.4, 0.5) is 17.6 Å². The van der Waals surface area contributed by atoms with Crippen LogP contribution < -0.4 is 0 Å². The second-order valence-electron chi connectivity index (χ2n) is 3.22. The van der Waals surface area contributed by atoms with Crippen LogP contribution >= 0.6 is 0 Å². The van der Waals surface area contributed by atoms with Crippen LogP contribution in [0.3, 0.4) is 0 Å². The number of nitriles is 1. The van der Waals surface area contributed by atoms with Gasteiger partial charge in [0.05, 0.1) is 17.4 Å². The molecule has 0 aliphatic heterocycles. The van der Waals surface area contributed by atoms with E-state index in [1.54, 1.807) is 0 Å². The minimum Gasteiger partial charge on any atom is -0.515 e. The summed E-state index contributed by atoms with van der Waals surface area (Å²) in [6.45, 7) is 0.842. The van der Waals surface area contributed by atoms with E-state index in [0.29, 0.717) is 0 Å². The van der Waals surface area contributed by atoms with Crippen LogP contribution in [-0.4, -0.2) is 10.9 Å². The quantitative estimate of drug-likeness (QED) is 0.384. The van der Waals surface area contributed by atoms with Crippen LogP contribution in [0.1, 0.15) is 18.1 Å². The van der Waals surface area contributed by atoms with Gasteiger partial charge < -0.3 is 5.11 Å². The van der Waals surface area contributed by atoms with Crippen molar-refractivity contribution in [2.75, 3.05) is 0 Å². The van der Waals surface area contributed by atoms with Crippen LogP contribution in [-0.2, 0) is 4.79 Å². The average Bonchev–Trinajstić information content (AvgIpc) is 2.32. The fourth-order valence-corrected chi connectivity index (χ4v) is 1.30. The predicted molar refractivity (Wildman–Crippen MR) is 52.3 cm³/mol. The summed E-state index contributed by atoms with van der Waals surface area (Å²) in [7, 11) is 0. The molecule has 1 rings (SSSR count). The number of ketones is 1. The Kier molecular flexibility index (Phi) is 3.71. The smallest absolute Gasteiger partial charge is 0.180 e. The summed E-state index contributed by atoms with van der Waals surface area (Å²) in [5.41, 5.74) is -3.72. The first-order valence-corrected chi connectivity index (χ1v) is 4.48. The molecule has 0 radical (unpaired) electrons. The summed E-state index contributed by atoms with van der Waals surface area (Å²) in [6, 6.07) is 0.962. The van der Waals surface area contributed by atoms with Crippen molar-refractivity contribution in [1.29, 1.82) is 5.26 Å². The van der Waals surface area contributed by atoms with Gasteiger partial charge in [-0.1, -0.05) is 0 Å². The van der Waals surface area contributed by atoms with Crippen LogP contribution in [0.5, 0.6) is 0 Å². The zero-order valence-electron chi connectivity index (χ0n) is 8.89. The van der Waals surface area contributed by atoms with E-state index in [0.717, 1.165) is 13.0 Å². The molecule has 0 amide bonds. The van der Waals surface area contributed by atoms with Crippen molar-refractivity contribution in [3.63, 3.8) is 0 Å². The van der Waals surface area contributed by atoms with E-state index in [-0.39, 0.29) is 6.26 Å².